The van der Waals surface area contributed by atoms with E-state index in [0.717, 1.165) is 30.4 Å². The predicted molar refractivity (Wildman–Crippen MR) is 103 cm³/mol. The number of rotatable bonds is 5. The number of hydrogen-bond donors (Lipinski definition) is 0. The van der Waals surface area contributed by atoms with E-state index in [1.54, 1.807) is 11.8 Å². The normalized spacial score (nSPS) is 14.8. The first-order chi connectivity index (χ1) is 13.7. The lowest BCUT2D eigenvalue weighted by molar-refractivity contribution is 0.0624. The standard InChI is InChI=1S/C20H22N6O2/c1-28-18-9-7-16(8-10-18)20(27)25-13-11-24(12-14-25)15-19-21-22-23-26(19)17-5-3-2-4-6-17/h2-10H,11-15H2,1H3. The Morgan fingerprint density at radius 2 is 1.71 bits per heavy atom. The van der Waals surface area contributed by atoms with Crippen LogP contribution >= 0.6 is 0 Å². The molecule has 1 amide bonds. The van der Waals surface area contributed by atoms with Crippen molar-refractivity contribution >= 4 is 5.91 Å². The molecular formula is C20H22N6O2. The van der Waals surface area contributed by atoms with Gasteiger partial charge in [-0.25, -0.2) is 0 Å². The first-order valence-electron chi connectivity index (χ1n) is 9.23. The number of carbonyl (C=O) groups excluding carboxylic acids is 1. The zero-order valence-electron chi connectivity index (χ0n) is 15.7. The van der Waals surface area contributed by atoms with Gasteiger partial charge in [0.05, 0.1) is 19.3 Å². The van der Waals surface area contributed by atoms with Crippen LogP contribution in [0.3, 0.4) is 0 Å². The van der Waals surface area contributed by atoms with Gasteiger partial charge in [0.25, 0.3) is 5.91 Å². The second-order valence-corrected chi connectivity index (χ2v) is 6.64. The van der Waals surface area contributed by atoms with Crippen LogP contribution in [-0.2, 0) is 6.54 Å². The number of benzene rings is 2. The van der Waals surface area contributed by atoms with Crippen LogP contribution in [0.15, 0.2) is 54.6 Å². The molecule has 2 heterocycles. The van der Waals surface area contributed by atoms with Gasteiger partial charge in [-0.2, -0.15) is 4.68 Å². The SMILES string of the molecule is COc1ccc(C(=O)N2CCN(Cc3nnnn3-c3ccccc3)CC2)cc1. The lowest BCUT2D eigenvalue weighted by Gasteiger charge is -2.34. The first kappa shape index (κ1) is 18.1. The molecule has 28 heavy (non-hydrogen) atoms. The second kappa shape index (κ2) is 8.18. The van der Waals surface area contributed by atoms with Crippen molar-refractivity contribution in [2.75, 3.05) is 33.3 Å². The fourth-order valence-corrected chi connectivity index (χ4v) is 3.30. The molecule has 0 atom stereocenters. The number of ether oxygens (including phenoxy) is 1. The number of amides is 1. The third kappa shape index (κ3) is 3.86. The average Bonchev–Trinajstić information content (AvgIpc) is 3.22. The Balaban J connectivity index is 1.36. The molecule has 0 spiro atoms. The summed E-state index contributed by atoms with van der Waals surface area (Å²) in [4.78, 5) is 16.8. The molecule has 0 bridgehead atoms. The largest absolute Gasteiger partial charge is 0.497 e. The van der Waals surface area contributed by atoms with Crippen molar-refractivity contribution in [1.29, 1.82) is 0 Å². The van der Waals surface area contributed by atoms with Gasteiger partial charge >= 0.3 is 0 Å². The molecule has 144 valence electrons. The smallest absolute Gasteiger partial charge is 0.253 e. The Morgan fingerprint density at radius 1 is 1.00 bits per heavy atom. The van der Waals surface area contributed by atoms with Crippen LogP contribution in [0.5, 0.6) is 5.75 Å². The average molecular weight is 378 g/mol. The van der Waals surface area contributed by atoms with Gasteiger partial charge in [0.15, 0.2) is 5.82 Å². The van der Waals surface area contributed by atoms with Gasteiger partial charge in [0.2, 0.25) is 0 Å². The van der Waals surface area contributed by atoms with Crippen molar-refractivity contribution in [3.8, 4) is 11.4 Å². The van der Waals surface area contributed by atoms with Gasteiger partial charge in [-0.3, -0.25) is 9.69 Å². The maximum atomic E-state index is 12.7. The van der Waals surface area contributed by atoms with Gasteiger partial charge < -0.3 is 9.64 Å². The molecule has 1 aliphatic heterocycles. The van der Waals surface area contributed by atoms with E-state index in [4.69, 9.17) is 4.74 Å². The molecule has 0 aliphatic carbocycles. The van der Waals surface area contributed by atoms with Crippen molar-refractivity contribution in [3.05, 3.63) is 66.0 Å². The Labute approximate surface area is 163 Å². The second-order valence-electron chi connectivity index (χ2n) is 6.64. The molecular weight excluding hydrogens is 356 g/mol. The highest BCUT2D eigenvalue weighted by molar-refractivity contribution is 5.94. The third-order valence-electron chi connectivity index (χ3n) is 4.90. The quantitative estimate of drug-likeness (QED) is 0.672. The van der Waals surface area contributed by atoms with Crippen LogP contribution in [0, 0.1) is 0 Å². The van der Waals surface area contributed by atoms with Gasteiger partial charge in [-0.1, -0.05) is 18.2 Å². The van der Waals surface area contributed by atoms with Crippen molar-refractivity contribution in [2.45, 2.75) is 6.54 Å². The van der Waals surface area contributed by atoms with Crippen molar-refractivity contribution in [3.63, 3.8) is 0 Å². The molecule has 0 saturated carbocycles. The minimum atomic E-state index is 0.0522. The highest BCUT2D eigenvalue weighted by atomic mass is 16.5. The van der Waals surface area contributed by atoms with Crippen LogP contribution in [0.25, 0.3) is 5.69 Å². The maximum absolute atomic E-state index is 12.7. The van der Waals surface area contributed by atoms with Crippen LogP contribution in [0.4, 0.5) is 0 Å². The van der Waals surface area contributed by atoms with Gasteiger partial charge in [-0.05, 0) is 46.8 Å². The molecule has 1 saturated heterocycles. The number of piperazine rings is 1. The van der Waals surface area contributed by atoms with E-state index < -0.39 is 0 Å². The Morgan fingerprint density at radius 3 is 2.39 bits per heavy atom. The summed E-state index contributed by atoms with van der Waals surface area (Å²) in [5.41, 5.74) is 1.62. The Bertz CT molecular complexity index is 917. The molecule has 4 rings (SSSR count). The van der Waals surface area contributed by atoms with Crippen molar-refractivity contribution < 1.29 is 9.53 Å². The fourth-order valence-electron chi connectivity index (χ4n) is 3.30. The van der Waals surface area contributed by atoms with Crippen molar-refractivity contribution in [1.82, 2.24) is 30.0 Å². The highest BCUT2D eigenvalue weighted by Crippen LogP contribution is 2.15. The lowest BCUT2D eigenvalue weighted by Crippen LogP contribution is -2.48. The molecule has 1 fully saturated rings. The van der Waals surface area contributed by atoms with Gasteiger partial charge in [-0.15, -0.1) is 5.10 Å². The summed E-state index contributed by atoms with van der Waals surface area (Å²) in [7, 11) is 1.62. The zero-order valence-corrected chi connectivity index (χ0v) is 15.7. The molecule has 0 unspecified atom stereocenters. The maximum Gasteiger partial charge on any atom is 0.253 e. The minimum Gasteiger partial charge on any atom is -0.497 e. The number of tetrazole rings is 1. The van der Waals surface area contributed by atoms with E-state index in [1.165, 1.54) is 0 Å². The number of aromatic nitrogens is 4. The molecule has 0 N–H and O–H groups in total. The Kier molecular flexibility index (Phi) is 5.29. The monoisotopic (exact) mass is 378 g/mol. The van der Waals surface area contributed by atoms with E-state index in [2.05, 4.69) is 20.4 Å². The van der Waals surface area contributed by atoms with Crippen LogP contribution < -0.4 is 4.74 Å². The third-order valence-corrected chi connectivity index (χ3v) is 4.90. The molecule has 8 heteroatoms. The van der Waals surface area contributed by atoms with E-state index in [1.807, 2.05) is 59.5 Å². The predicted octanol–water partition coefficient (Wildman–Crippen LogP) is 1.63. The summed E-state index contributed by atoms with van der Waals surface area (Å²) >= 11 is 0. The topological polar surface area (TPSA) is 76.4 Å². The van der Waals surface area contributed by atoms with E-state index in [9.17, 15) is 4.79 Å². The first-order valence-corrected chi connectivity index (χ1v) is 9.23. The summed E-state index contributed by atoms with van der Waals surface area (Å²) in [5.74, 6) is 1.59. The summed E-state index contributed by atoms with van der Waals surface area (Å²) in [6.45, 7) is 3.56. The summed E-state index contributed by atoms with van der Waals surface area (Å²) < 4.78 is 6.91. The van der Waals surface area contributed by atoms with Crippen LogP contribution in [0.2, 0.25) is 0 Å². The molecule has 0 radical (unpaired) electrons. The van der Waals surface area contributed by atoms with E-state index in [-0.39, 0.29) is 5.91 Å². The number of nitrogens with zero attached hydrogens (tertiary/aromatic N) is 6. The number of carbonyl (C=O) groups is 1. The van der Waals surface area contributed by atoms with Crippen molar-refractivity contribution in [2.24, 2.45) is 0 Å². The number of methoxy groups -OCH3 is 1. The van der Waals surface area contributed by atoms with Gasteiger partial charge in [0.1, 0.15) is 5.75 Å². The zero-order chi connectivity index (χ0) is 19.3. The Hall–Kier alpha value is -3.26. The molecule has 3 aromatic rings. The summed E-state index contributed by atoms with van der Waals surface area (Å²) in [6.07, 6.45) is 0. The minimum absolute atomic E-state index is 0.0522. The fraction of sp³-hybridized carbons (Fsp3) is 0.300. The summed E-state index contributed by atoms with van der Waals surface area (Å²) in [6, 6.07) is 17.1. The van der Waals surface area contributed by atoms with Crippen LogP contribution in [0.1, 0.15) is 16.2 Å². The molecule has 8 nitrogen and oxygen atoms in total. The van der Waals surface area contributed by atoms with Gasteiger partial charge in [0, 0.05) is 31.7 Å². The number of para-hydroxylation sites is 1. The molecule has 2 aromatic carbocycles. The number of hydrogen-bond acceptors (Lipinski definition) is 6. The van der Waals surface area contributed by atoms with Crippen LogP contribution in [-0.4, -0.2) is 69.2 Å². The summed E-state index contributed by atoms with van der Waals surface area (Å²) in [5, 5.41) is 12.1. The highest BCUT2D eigenvalue weighted by Gasteiger charge is 2.23. The molecule has 1 aromatic heterocycles. The van der Waals surface area contributed by atoms with E-state index >= 15 is 0 Å². The lowest BCUT2D eigenvalue weighted by atomic mass is 10.1. The molecule has 1 aliphatic rings. The van der Waals surface area contributed by atoms with E-state index in [0.29, 0.717) is 25.2 Å².